The number of nitrogens with one attached hydrogen (secondary N) is 1. The van der Waals surface area contributed by atoms with Gasteiger partial charge in [0.2, 0.25) is 0 Å². The molecule has 1 aromatic carbocycles. The maximum absolute atomic E-state index is 12.3. The van der Waals surface area contributed by atoms with Crippen molar-refractivity contribution in [1.82, 2.24) is 25.0 Å². The molecule has 2 heterocycles. The molecule has 3 aromatic rings. The van der Waals surface area contributed by atoms with Gasteiger partial charge in [-0.1, -0.05) is 11.6 Å². The molecule has 0 aliphatic carbocycles. The third-order valence-corrected chi connectivity index (χ3v) is 4.03. The molecule has 1 unspecified atom stereocenters. The van der Waals surface area contributed by atoms with Crippen LogP contribution in [-0.2, 0) is 13.6 Å². The first-order valence-electron chi connectivity index (χ1n) is 7.47. The van der Waals surface area contributed by atoms with Crippen LogP contribution in [0.3, 0.4) is 0 Å². The predicted octanol–water partition coefficient (Wildman–Crippen LogP) is 3.12. The molecule has 1 N–H and O–H groups in total. The quantitative estimate of drug-likeness (QED) is 0.786. The van der Waals surface area contributed by atoms with Gasteiger partial charge < -0.3 is 14.6 Å². The maximum atomic E-state index is 12.3. The van der Waals surface area contributed by atoms with Crippen LogP contribution in [0.5, 0.6) is 0 Å². The van der Waals surface area contributed by atoms with E-state index >= 15 is 0 Å². The number of urea groups is 1. The van der Waals surface area contributed by atoms with E-state index in [1.54, 1.807) is 29.7 Å². The SMILES string of the molecule is CC(NC(=O)N(C)Cc1ncnn1C)c1cc2cc(Cl)ccc2o1. The van der Waals surface area contributed by atoms with Crippen LogP contribution in [0.15, 0.2) is 35.0 Å². The van der Waals surface area contributed by atoms with Crippen molar-refractivity contribution >= 4 is 28.6 Å². The monoisotopic (exact) mass is 347 g/mol. The molecule has 3 rings (SSSR count). The first-order valence-corrected chi connectivity index (χ1v) is 7.85. The minimum absolute atomic E-state index is 0.219. The van der Waals surface area contributed by atoms with E-state index in [0.717, 1.165) is 11.0 Å². The Morgan fingerprint density at radius 1 is 1.46 bits per heavy atom. The van der Waals surface area contributed by atoms with E-state index < -0.39 is 0 Å². The zero-order valence-corrected chi connectivity index (χ0v) is 14.4. The van der Waals surface area contributed by atoms with Gasteiger partial charge in [-0.2, -0.15) is 5.10 Å². The summed E-state index contributed by atoms with van der Waals surface area (Å²) < 4.78 is 7.41. The average molecular weight is 348 g/mol. The maximum Gasteiger partial charge on any atom is 0.318 e. The number of halogens is 1. The first-order chi connectivity index (χ1) is 11.4. The molecule has 2 amide bonds. The van der Waals surface area contributed by atoms with Crippen LogP contribution < -0.4 is 5.32 Å². The summed E-state index contributed by atoms with van der Waals surface area (Å²) in [5.41, 5.74) is 0.739. The molecule has 24 heavy (non-hydrogen) atoms. The Bertz CT molecular complexity index is 872. The number of hydrogen-bond donors (Lipinski definition) is 1. The number of carbonyl (C=O) groups is 1. The Kier molecular flexibility index (Phi) is 4.44. The van der Waals surface area contributed by atoms with Crippen molar-refractivity contribution < 1.29 is 9.21 Å². The number of amides is 2. The van der Waals surface area contributed by atoms with Crippen LogP contribution in [-0.4, -0.2) is 32.7 Å². The lowest BCUT2D eigenvalue weighted by Crippen LogP contribution is -2.38. The van der Waals surface area contributed by atoms with E-state index in [2.05, 4.69) is 15.4 Å². The van der Waals surface area contributed by atoms with Gasteiger partial charge in [-0.3, -0.25) is 4.68 Å². The summed E-state index contributed by atoms with van der Waals surface area (Å²) in [6, 6.07) is 6.81. The van der Waals surface area contributed by atoms with E-state index in [1.807, 2.05) is 25.1 Å². The third kappa shape index (κ3) is 3.35. The zero-order valence-electron chi connectivity index (χ0n) is 13.7. The van der Waals surface area contributed by atoms with Crippen LogP contribution in [0.2, 0.25) is 5.02 Å². The molecule has 2 aromatic heterocycles. The summed E-state index contributed by atoms with van der Waals surface area (Å²) in [4.78, 5) is 18.0. The zero-order chi connectivity index (χ0) is 17.3. The van der Waals surface area contributed by atoms with Gasteiger partial charge in [0.15, 0.2) is 0 Å². The van der Waals surface area contributed by atoms with E-state index in [4.69, 9.17) is 16.0 Å². The molecule has 7 nitrogen and oxygen atoms in total. The van der Waals surface area contributed by atoms with Crippen LogP contribution in [0.25, 0.3) is 11.0 Å². The number of carbonyl (C=O) groups excluding carboxylic acids is 1. The number of aryl methyl sites for hydroxylation is 1. The van der Waals surface area contributed by atoms with Crippen molar-refractivity contribution in [3.05, 3.63) is 47.2 Å². The van der Waals surface area contributed by atoms with Crippen molar-refractivity contribution in [3.8, 4) is 0 Å². The van der Waals surface area contributed by atoms with Crippen LogP contribution in [0, 0.1) is 0 Å². The van der Waals surface area contributed by atoms with Gasteiger partial charge in [-0.15, -0.1) is 0 Å². The fourth-order valence-electron chi connectivity index (χ4n) is 2.36. The molecule has 0 saturated carbocycles. The highest BCUT2D eigenvalue weighted by molar-refractivity contribution is 6.31. The van der Waals surface area contributed by atoms with Gasteiger partial charge in [0.1, 0.15) is 23.5 Å². The van der Waals surface area contributed by atoms with E-state index in [1.165, 1.54) is 6.33 Å². The summed E-state index contributed by atoms with van der Waals surface area (Å²) in [5.74, 6) is 1.38. The molecule has 0 radical (unpaired) electrons. The molecule has 0 aliphatic heterocycles. The molecular weight excluding hydrogens is 330 g/mol. The van der Waals surface area contributed by atoms with Crippen molar-refractivity contribution in [3.63, 3.8) is 0 Å². The fourth-order valence-corrected chi connectivity index (χ4v) is 2.54. The Balaban J connectivity index is 1.67. The van der Waals surface area contributed by atoms with Gasteiger partial charge >= 0.3 is 6.03 Å². The molecule has 0 saturated heterocycles. The number of fused-ring (bicyclic) bond motifs is 1. The Morgan fingerprint density at radius 2 is 2.25 bits per heavy atom. The van der Waals surface area contributed by atoms with E-state index in [0.29, 0.717) is 23.2 Å². The molecule has 8 heteroatoms. The average Bonchev–Trinajstić information content (AvgIpc) is 3.13. The van der Waals surface area contributed by atoms with Crippen molar-refractivity contribution in [2.24, 2.45) is 7.05 Å². The van der Waals surface area contributed by atoms with Crippen LogP contribution in [0.4, 0.5) is 4.79 Å². The predicted molar refractivity (Wildman–Crippen MR) is 90.6 cm³/mol. The summed E-state index contributed by atoms with van der Waals surface area (Å²) in [7, 11) is 3.49. The van der Waals surface area contributed by atoms with Gasteiger partial charge in [0, 0.05) is 24.5 Å². The van der Waals surface area contributed by atoms with Crippen molar-refractivity contribution in [2.45, 2.75) is 19.5 Å². The normalized spacial score (nSPS) is 12.3. The number of aromatic nitrogens is 3. The standard InChI is InChI=1S/C16H18ClN5O2/c1-10(14-7-11-6-12(17)4-5-13(11)24-14)20-16(23)21(2)8-15-18-9-19-22(15)3/h4-7,9-10H,8H2,1-3H3,(H,20,23). The molecule has 0 fully saturated rings. The molecule has 1 atom stereocenters. The number of benzene rings is 1. The highest BCUT2D eigenvalue weighted by Crippen LogP contribution is 2.26. The van der Waals surface area contributed by atoms with Gasteiger partial charge in [0.25, 0.3) is 0 Å². The van der Waals surface area contributed by atoms with Crippen molar-refractivity contribution in [2.75, 3.05) is 7.05 Å². The van der Waals surface area contributed by atoms with Crippen molar-refractivity contribution in [1.29, 1.82) is 0 Å². The topological polar surface area (TPSA) is 76.2 Å². The second-order valence-electron chi connectivity index (χ2n) is 5.66. The lowest BCUT2D eigenvalue weighted by atomic mass is 10.2. The number of rotatable bonds is 4. The van der Waals surface area contributed by atoms with Crippen LogP contribution in [0.1, 0.15) is 24.6 Å². The largest absolute Gasteiger partial charge is 0.459 e. The smallest absolute Gasteiger partial charge is 0.318 e. The Labute approximate surface area is 144 Å². The lowest BCUT2D eigenvalue weighted by molar-refractivity contribution is 0.200. The first kappa shape index (κ1) is 16.3. The number of hydrogen-bond acceptors (Lipinski definition) is 4. The Morgan fingerprint density at radius 3 is 2.96 bits per heavy atom. The fraction of sp³-hybridized carbons (Fsp3) is 0.312. The second kappa shape index (κ2) is 6.52. The minimum atomic E-state index is -0.273. The molecule has 126 valence electrons. The number of furan rings is 1. The van der Waals surface area contributed by atoms with Gasteiger partial charge in [0.05, 0.1) is 12.6 Å². The third-order valence-electron chi connectivity index (χ3n) is 3.79. The van der Waals surface area contributed by atoms with E-state index in [9.17, 15) is 4.79 Å². The highest BCUT2D eigenvalue weighted by atomic mass is 35.5. The van der Waals surface area contributed by atoms with Gasteiger partial charge in [-0.05, 0) is 31.2 Å². The minimum Gasteiger partial charge on any atom is -0.459 e. The summed E-state index contributed by atoms with van der Waals surface area (Å²) in [6.07, 6.45) is 1.46. The molecule has 0 spiro atoms. The molecular formula is C16H18ClN5O2. The number of nitrogens with zero attached hydrogens (tertiary/aromatic N) is 4. The summed E-state index contributed by atoms with van der Waals surface area (Å²) in [6.45, 7) is 2.23. The van der Waals surface area contributed by atoms with Crippen LogP contribution >= 0.6 is 11.6 Å². The second-order valence-corrected chi connectivity index (χ2v) is 6.09. The summed E-state index contributed by atoms with van der Waals surface area (Å²) >= 11 is 5.98. The van der Waals surface area contributed by atoms with Gasteiger partial charge in [-0.25, -0.2) is 9.78 Å². The molecule has 0 bridgehead atoms. The molecule has 0 aliphatic rings. The summed E-state index contributed by atoms with van der Waals surface area (Å²) in [5, 5.41) is 8.45. The van der Waals surface area contributed by atoms with E-state index in [-0.39, 0.29) is 12.1 Å². The Hall–Kier alpha value is -2.54. The lowest BCUT2D eigenvalue weighted by Gasteiger charge is -2.20. The highest BCUT2D eigenvalue weighted by Gasteiger charge is 2.18.